The molecular weight excluding hydrogens is 254 g/mol. The topological polar surface area (TPSA) is 58.4 Å². The van der Waals surface area contributed by atoms with Crippen molar-refractivity contribution in [3.05, 3.63) is 42.0 Å². The molecule has 2 aromatic heterocycles. The van der Waals surface area contributed by atoms with Crippen molar-refractivity contribution < 1.29 is 9.21 Å². The van der Waals surface area contributed by atoms with Crippen molar-refractivity contribution in [1.29, 1.82) is 0 Å². The highest BCUT2D eigenvalue weighted by Gasteiger charge is 2.19. The fraction of sp³-hybridized carbons (Fsp3) is 0.333. The number of furan rings is 1. The smallest absolute Gasteiger partial charge is 0.291 e. The maximum Gasteiger partial charge on any atom is 0.291 e. The fourth-order valence-corrected chi connectivity index (χ4v) is 2.46. The Morgan fingerprint density at radius 1 is 1.35 bits per heavy atom. The molecule has 0 spiro atoms. The fourth-order valence-electron chi connectivity index (χ4n) is 2.46. The van der Waals surface area contributed by atoms with Crippen LogP contribution in [0.4, 0.5) is 11.5 Å². The number of pyridine rings is 1. The van der Waals surface area contributed by atoms with Crippen LogP contribution in [0.5, 0.6) is 0 Å². The summed E-state index contributed by atoms with van der Waals surface area (Å²) in [5.74, 6) is 0.949. The lowest BCUT2D eigenvalue weighted by Crippen LogP contribution is -2.22. The second-order valence-corrected chi connectivity index (χ2v) is 4.96. The van der Waals surface area contributed by atoms with E-state index >= 15 is 0 Å². The van der Waals surface area contributed by atoms with Crippen LogP contribution in [0.15, 0.2) is 35.1 Å². The third-order valence-electron chi connectivity index (χ3n) is 3.51. The summed E-state index contributed by atoms with van der Waals surface area (Å²) >= 11 is 0. The van der Waals surface area contributed by atoms with Gasteiger partial charge in [0.2, 0.25) is 0 Å². The van der Waals surface area contributed by atoms with E-state index in [-0.39, 0.29) is 5.91 Å². The van der Waals surface area contributed by atoms with Crippen LogP contribution in [-0.2, 0) is 0 Å². The summed E-state index contributed by atoms with van der Waals surface area (Å²) in [6.07, 6.45) is 5.61. The van der Waals surface area contributed by atoms with E-state index < -0.39 is 0 Å². The lowest BCUT2D eigenvalue weighted by atomic mass is 10.2. The maximum atomic E-state index is 12.2. The third kappa shape index (κ3) is 2.39. The Balaban J connectivity index is 1.84. The molecule has 1 aliphatic heterocycles. The van der Waals surface area contributed by atoms with E-state index in [0.29, 0.717) is 5.76 Å². The van der Waals surface area contributed by atoms with Crippen LogP contribution in [0, 0.1) is 6.92 Å². The largest absolute Gasteiger partial charge is 0.459 e. The number of nitrogens with zero attached hydrogens (tertiary/aromatic N) is 2. The Labute approximate surface area is 117 Å². The zero-order valence-corrected chi connectivity index (χ0v) is 11.4. The Bertz CT molecular complexity index is 615. The highest BCUT2D eigenvalue weighted by molar-refractivity contribution is 6.04. The Morgan fingerprint density at radius 3 is 2.85 bits per heavy atom. The molecule has 5 heteroatoms. The van der Waals surface area contributed by atoms with Gasteiger partial charge in [-0.15, -0.1) is 0 Å². The lowest BCUT2D eigenvalue weighted by molar-refractivity contribution is 0.0996. The minimum atomic E-state index is -0.235. The number of carbonyl (C=O) groups excluding carboxylic acids is 1. The number of hydrogen-bond acceptors (Lipinski definition) is 4. The summed E-state index contributed by atoms with van der Waals surface area (Å²) in [5.41, 5.74) is 1.56. The van der Waals surface area contributed by atoms with Gasteiger partial charge in [-0.05, 0) is 38.0 Å². The summed E-state index contributed by atoms with van der Waals surface area (Å²) in [5, 5.41) is 2.89. The monoisotopic (exact) mass is 271 g/mol. The molecule has 3 rings (SSSR count). The van der Waals surface area contributed by atoms with E-state index in [1.165, 1.54) is 19.1 Å². The first-order valence-corrected chi connectivity index (χ1v) is 6.81. The average molecular weight is 271 g/mol. The van der Waals surface area contributed by atoms with Gasteiger partial charge in [-0.1, -0.05) is 0 Å². The van der Waals surface area contributed by atoms with Gasteiger partial charge in [-0.25, -0.2) is 4.98 Å². The average Bonchev–Trinajstić information content (AvgIpc) is 3.10. The Morgan fingerprint density at radius 2 is 2.15 bits per heavy atom. The zero-order valence-electron chi connectivity index (χ0n) is 11.4. The van der Waals surface area contributed by atoms with E-state index in [4.69, 9.17) is 4.42 Å². The molecule has 0 unspecified atom stereocenters. The molecule has 0 aliphatic carbocycles. The Hall–Kier alpha value is -2.30. The van der Waals surface area contributed by atoms with E-state index in [9.17, 15) is 4.79 Å². The van der Waals surface area contributed by atoms with Crippen LogP contribution in [0.2, 0.25) is 0 Å². The van der Waals surface area contributed by atoms with Crippen LogP contribution in [0.1, 0.15) is 29.0 Å². The third-order valence-corrected chi connectivity index (χ3v) is 3.51. The number of hydrogen-bond donors (Lipinski definition) is 1. The van der Waals surface area contributed by atoms with Gasteiger partial charge in [0.25, 0.3) is 5.91 Å². The first-order valence-electron chi connectivity index (χ1n) is 6.81. The van der Waals surface area contributed by atoms with E-state index in [2.05, 4.69) is 15.2 Å². The highest BCUT2D eigenvalue weighted by Crippen LogP contribution is 2.26. The zero-order chi connectivity index (χ0) is 13.9. The van der Waals surface area contributed by atoms with Gasteiger partial charge in [-0.2, -0.15) is 0 Å². The van der Waals surface area contributed by atoms with Gasteiger partial charge in [0.15, 0.2) is 11.6 Å². The van der Waals surface area contributed by atoms with Crippen molar-refractivity contribution in [3.8, 4) is 0 Å². The Kier molecular flexibility index (Phi) is 3.41. The summed E-state index contributed by atoms with van der Waals surface area (Å²) in [4.78, 5) is 18.8. The number of aromatic nitrogens is 1. The molecule has 0 radical (unpaired) electrons. The highest BCUT2D eigenvalue weighted by atomic mass is 16.3. The quantitative estimate of drug-likeness (QED) is 0.932. The maximum absolute atomic E-state index is 12.2. The number of rotatable bonds is 3. The van der Waals surface area contributed by atoms with Crippen LogP contribution in [-0.4, -0.2) is 24.0 Å². The molecule has 3 heterocycles. The van der Waals surface area contributed by atoms with E-state index in [0.717, 1.165) is 30.2 Å². The molecule has 0 saturated carbocycles. The molecule has 0 atom stereocenters. The van der Waals surface area contributed by atoms with Crippen LogP contribution in [0.25, 0.3) is 0 Å². The normalized spacial score (nSPS) is 14.6. The lowest BCUT2D eigenvalue weighted by Gasteiger charge is -2.19. The number of aryl methyl sites for hydroxylation is 1. The molecule has 1 N–H and O–H groups in total. The van der Waals surface area contributed by atoms with Crippen molar-refractivity contribution in [3.63, 3.8) is 0 Å². The SMILES string of the molecule is Cc1ccoc1C(=O)Nc1cccnc1N1CCCC1. The predicted molar refractivity (Wildman–Crippen MR) is 77.1 cm³/mol. The molecule has 0 bridgehead atoms. The molecular formula is C15H17N3O2. The molecule has 20 heavy (non-hydrogen) atoms. The first-order chi connectivity index (χ1) is 9.75. The van der Waals surface area contributed by atoms with Gasteiger partial charge >= 0.3 is 0 Å². The molecule has 104 valence electrons. The van der Waals surface area contributed by atoms with Crippen molar-refractivity contribution in [2.45, 2.75) is 19.8 Å². The van der Waals surface area contributed by atoms with Gasteiger partial charge in [0.05, 0.1) is 12.0 Å². The minimum absolute atomic E-state index is 0.235. The second-order valence-electron chi connectivity index (χ2n) is 4.96. The van der Waals surface area contributed by atoms with Gasteiger partial charge in [0, 0.05) is 24.8 Å². The first kappa shape index (κ1) is 12.7. The van der Waals surface area contributed by atoms with Crippen LogP contribution in [0.3, 0.4) is 0 Å². The summed E-state index contributed by atoms with van der Waals surface area (Å²) in [6.45, 7) is 3.82. The molecule has 1 aliphatic rings. The molecule has 2 aromatic rings. The summed E-state index contributed by atoms with van der Waals surface area (Å²) < 4.78 is 5.22. The van der Waals surface area contributed by atoms with Crippen LogP contribution < -0.4 is 10.2 Å². The number of anilines is 2. The summed E-state index contributed by atoms with van der Waals surface area (Å²) in [7, 11) is 0. The van der Waals surface area contributed by atoms with E-state index in [1.54, 1.807) is 12.3 Å². The molecule has 1 saturated heterocycles. The standard InChI is InChI=1S/C15H17N3O2/c1-11-6-10-20-13(11)15(19)17-12-5-4-7-16-14(12)18-8-2-3-9-18/h4-7,10H,2-3,8-9H2,1H3,(H,17,19). The van der Waals surface area contributed by atoms with Gasteiger partial charge < -0.3 is 14.6 Å². The van der Waals surface area contributed by atoms with Crippen LogP contribution >= 0.6 is 0 Å². The molecule has 1 amide bonds. The van der Waals surface area contributed by atoms with Crippen molar-refractivity contribution in [2.24, 2.45) is 0 Å². The van der Waals surface area contributed by atoms with Crippen molar-refractivity contribution >= 4 is 17.4 Å². The number of carbonyl (C=O) groups is 1. The summed E-state index contributed by atoms with van der Waals surface area (Å²) in [6, 6.07) is 5.47. The van der Waals surface area contributed by atoms with E-state index in [1.807, 2.05) is 19.1 Å². The predicted octanol–water partition coefficient (Wildman–Crippen LogP) is 2.84. The van der Waals surface area contributed by atoms with Crippen molar-refractivity contribution in [1.82, 2.24) is 4.98 Å². The number of nitrogens with one attached hydrogen (secondary N) is 1. The molecule has 0 aromatic carbocycles. The number of amides is 1. The molecule has 5 nitrogen and oxygen atoms in total. The van der Waals surface area contributed by atoms with Gasteiger partial charge in [0.1, 0.15) is 0 Å². The van der Waals surface area contributed by atoms with Gasteiger partial charge in [-0.3, -0.25) is 4.79 Å². The molecule has 1 fully saturated rings. The second kappa shape index (κ2) is 5.36. The minimum Gasteiger partial charge on any atom is -0.459 e. The van der Waals surface area contributed by atoms with Crippen molar-refractivity contribution in [2.75, 3.05) is 23.3 Å².